The SMILES string of the molecule is CC(c1ccccc1Cl)N(C)C(=O)NCCC(=O)O. The molecule has 0 spiro atoms. The molecule has 1 unspecified atom stereocenters. The molecule has 2 N–H and O–H groups in total. The molecule has 0 radical (unpaired) electrons. The molecule has 5 nitrogen and oxygen atoms in total. The Labute approximate surface area is 117 Å². The smallest absolute Gasteiger partial charge is 0.317 e. The van der Waals surface area contributed by atoms with Gasteiger partial charge in [-0.2, -0.15) is 0 Å². The summed E-state index contributed by atoms with van der Waals surface area (Å²) in [6, 6.07) is 6.78. The molecule has 0 saturated carbocycles. The lowest BCUT2D eigenvalue weighted by Crippen LogP contribution is -2.39. The highest BCUT2D eigenvalue weighted by Gasteiger charge is 2.18. The first kappa shape index (κ1) is 15.3. The molecule has 0 fully saturated rings. The quantitative estimate of drug-likeness (QED) is 0.873. The van der Waals surface area contributed by atoms with Gasteiger partial charge >= 0.3 is 12.0 Å². The van der Waals surface area contributed by atoms with E-state index in [-0.39, 0.29) is 25.0 Å². The van der Waals surface area contributed by atoms with Crippen LogP contribution in [0.15, 0.2) is 24.3 Å². The molecule has 19 heavy (non-hydrogen) atoms. The predicted molar refractivity (Wildman–Crippen MR) is 73.3 cm³/mol. The Kier molecular flexibility index (Phi) is 5.63. The fourth-order valence-electron chi connectivity index (χ4n) is 1.60. The van der Waals surface area contributed by atoms with Crippen LogP contribution in [-0.2, 0) is 4.79 Å². The van der Waals surface area contributed by atoms with E-state index in [0.29, 0.717) is 5.02 Å². The van der Waals surface area contributed by atoms with Gasteiger partial charge in [-0.15, -0.1) is 0 Å². The average molecular weight is 285 g/mol. The zero-order valence-corrected chi connectivity index (χ0v) is 11.6. The second-order valence-electron chi connectivity index (χ2n) is 4.18. The number of amides is 2. The summed E-state index contributed by atoms with van der Waals surface area (Å²) in [5.74, 6) is -0.942. The molecular formula is C13H17ClN2O3. The van der Waals surface area contributed by atoms with Crippen LogP contribution in [0, 0.1) is 0 Å². The minimum Gasteiger partial charge on any atom is -0.481 e. The first-order valence-corrected chi connectivity index (χ1v) is 6.28. The third-order valence-corrected chi connectivity index (χ3v) is 3.22. The fraction of sp³-hybridized carbons (Fsp3) is 0.385. The molecule has 0 aliphatic carbocycles. The molecule has 1 aromatic carbocycles. The predicted octanol–water partition coefficient (Wildman–Crippen LogP) is 2.52. The minimum atomic E-state index is -0.942. The number of carboxylic acid groups (broad SMARTS) is 1. The van der Waals surface area contributed by atoms with Gasteiger partial charge in [-0.1, -0.05) is 29.8 Å². The number of benzene rings is 1. The van der Waals surface area contributed by atoms with Crippen LogP contribution in [0.2, 0.25) is 5.02 Å². The number of carbonyl (C=O) groups is 2. The summed E-state index contributed by atoms with van der Waals surface area (Å²) in [5, 5.41) is 11.7. The molecule has 0 saturated heterocycles. The highest BCUT2D eigenvalue weighted by Crippen LogP contribution is 2.25. The summed E-state index contributed by atoms with van der Waals surface area (Å²) in [7, 11) is 1.64. The Bertz CT molecular complexity index is 465. The Hall–Kier alpha value is -1.75. The van der Waals surface area contributed by atoms with Gasteiger partial charge in [-0.05, 0) is 18.6 Å². The highest BCUT2D eigenvalue weighted by molar-refractivity contribution is 6.31. The molecule has 2 amide bonds. The average Bonchev–Trinajstić information content (AvgIpc) is 2.37. The van der Waals surface area contributed by atoms with E-state index < -0.39 is 5.97 Å². The van der Waals surface area contributed by atoms with Crippen molar-refractivity contribution in [2.45, 2.75) is 19.4 Å². The zero-order chi connectivity index (χ0) is 14.4. The summed E-state index contributed by atoms with van der Waals surface area (Å²) in [4.78, 5) is 23.7. The van der Waals surface area contributed by atoms with E-state index >= 15 is 0 Å². The van der Waals surface area contributed by atoms with Crippen molar-refractivity contribution < 1.29 is 14.7 Å². The van der Waals surface area contributed by atoms with Crippen molar-refractivity contribution >= 4 is 23.6 Å². The largest absolute Gasteiger partial charge is 0.481 e. The molecule has 0 bridgehead atoms. The number of nitrogens with zero attached hydrogens (tertiary/aromatic N) is 1. The van der Waals surface area contributed by atoms with Crippen molar-refractivity contribution in [3.63, 3.8) is 0 Å². The lowest BCUT2D eigenvalue weighted by atomic mass is 10.1. The Morgan fingerprint density at radius 3 is 2.63 bits per heavy atom. The maximum absolute atomic E-state index is 11.8. The van der Waals surface area contributed by atoms with Gasteiger partial charge in [0, 0.05) is 18.6 Å². The standard InChI is InChI=1S/C13H17ClN2O3/c1-9(10-5-3-4-6-11(10)14)16(2)13(19)15-8-7-12(17)18/h3-6,9H,7-8H2,1-2H3,(H,15,19)(H,17,18). The van der Waals surface area contributed by atoms with Crippen LogP contribution in [0.5, 0.6) is 0 Å². The zero-order valence-electron chi connectivity index (χ0n) is 10.9. The molecular weight excluding hydrogens is 268 g/mol. The Balaban J connectivity index is 2.61. The van der Waals surface area contributed by atoms with Gasteiger partial charge in [0.2, 0.25) is 0 Å². The van der Waals surface area contributed by atoms with Gasteiger partial charge in [0.05, 0.1) is 12.5 Å². The number of urea groups is 1. The van der Waals surface area contributed by atoms with E-state index in [1.807, 2.05) is 25.1 Å². The lowest BCUT2D eigenvalue weighted by Gasteiger charge is -2.26. The van der Waals surface area contributed by atoms with E-state index in [1.165, 1.54) is 4.90 Å². The van der Waals surface area contributed by atoms with Crippen molar-refractivity contribution in [3.05, 3.63) is 34.9 Å². The first-order valence-electron chi connectivity index (χ1n) is 5.90. The maximum atomic E-state index is 11.8. The lowest BCUT2D eigenvalue weighted by molar-refractivity contribution is -0.136. The summed E-state index contributed by atoms with van der Waals surface area (Å²) < 4.78 is 0. The molecule has 1 aromatic rings. The molecule has 6 heteroatoms. The van der Waals surface area contributed by atoms with Crippen LogP contribution >= 0.6 is 11.6 Å². The molecule has 0 heterocycles. The van der Waals surface area contributed by atoms with Gasteiger partial charge < -0.3 is 15.3 Å². The van der Waals surface area contributed by atoms with E-state index in [4.69, 9.17) is 16.7 Å². The van der Waals surface area contributed by atoms with Crippen molar-refractivity contribution in [2.75, 3.05) is 13.6 Å². The molecule has 104 valence electrons. The number of halogens is 1. The van der Waals surface area contributed by atoms with Gasteiger partial charge in [0.15, 0.2) is 0 Å². The minimum absolute atomic E-state index is 0.0972. The van der Waals surface area contributed by atoms with Crippen LogP contribution in [0.4, 0.5) is 4.79 Å². The second-order valence-corrected chi connectivity index (χ2v) is 4.59. The summed E-state index contributed by atoms with van der Waals surface area (Å²) in [5.41, 5.74) is 0.847. The van der Waals surface area contributed by atoms with E-state index in [1.54, 1.807) is 13.1 Å². The second kappa shape index (κ2) is 6.99. The Morgan fingerprint density at radius 2 is 2.05 bits per heavy atom. The number of hydrogen-bond acceptors (Lipinski definition) is 2. The van der Waals surface area contributed by atoms with E-state index in [2.05, 4.69) is 5.32 Å². The van der Waals surface area contributed by atoms with Gasteiger partial charge in [-0.3, -0.25) is 4.79 Å². The van der Waals surface area contributed by atoms with E-state index in [0.717, 1.165) is 5.56 Å². The van der Waals surface area contributed by atoms with Crippen molar-refractivity contribution in [1.29, 1.82) is 0 Å². The number of carboxylic acids is 1. The van der Waals surface area contributed by atoms with Crippen LogP contribution in [0.3, 0.4) is 0 Å². The maximum Gasteiger partial charge on any atom is 0.317 e. The molecule has 1 atom stereocenters. The monoisotopic (exact) mass is 284 g/mol. The number of carbonyl (C=O) groups excluding carboxylic acids is 1. The normalized spacial score (nSPS) is 11.7. The topological polar surface area (TPSA) is 69.6 Å². The van der Waals surface area contributed by atoms with Crippen LogP contribution < -0.4 is 5.32 Å². The molecule has 1 rings (SSSR count). The van der Waals surface area contributed by atoms with Crippen LogP contribution in [0.1, 0.15) is 24.9 Å². The van der Waals surface area contributed by atoms with Crippen molar-refractivity contribution in [1.82, 2.24) is 10.2 Å². The van der Waals surface area contributed by atoms with Gasteiger partial charge in [0.1, 0.15) is 0 Å². The summed E-state index contributed by atoms with van der Waals surface area (Å²) >= 11 is 6.08. The summed E-state index contributed by atoms with van der Waals surface area (Å²) in [6.07, 6.45) is -0.0972. The van der Waals surface area contributed by atoms with Crippen molar-refractivity contribution in [2.24, 2.45) is 0 Å². The first-order chi connectivity index (χ1) is 8.93. The van der Waals surface area contributed by atoms with Gasteiger partial charge in [0.25, 0.3) is 0 Å². The number of nitrogens with one attached hydrogen (secondary N) is 1. The van der Waals surface area contributed by atoms with E-state index in [9.17, 15) is 9.59 Å². The summed E-state index contributed by atoms with van der Waals surface area (Å²) in [6.45, 7) is 1.96. The highest BCUT2D eigenvalue weighted by atomic mass is 35.5. The van der Waals surface area contributed by atoms with Crippen LogP contribution in [0.25, 0.3) is 0 Å². The number of hydrogen-bond donors (Lipinski definition) is 2. The molecule has 0 aliphatic heterocycles. The third-order valence-electron chi connectivity index (χ3n) is 2.87. The molecule has 0 aliphatic rings. The number of rotatable bonds is 5. The van der Waals surface area contributed by atoms with Crippen molar-refractivity contribution in [3.8, 4) is 0 Å². The van der Waals surface area contributed by atoms with Crippen LogP contribution in [-0.4, -0.2) is 35.6 Å². The van der Waals surface area contributed by atoms with Gasteiger partial charge in [-0.25, -0.2) is 4.79 Å². The fourth-order valence-corrected chi connectivity index (χ4v) is 1.89. The molecule has 0 aromatic heterocycles. The number of aliphatic carboxylic acids is 1. The Morgan fingerprint density at radius 1 is 1.42 bits per heavy atom. The third kappa shape index (κ3) is 4.44.